The molecule has 0 heterocycles. The van der Waals surface area contributed by atoms with Crippen LogP contribution < -0.4 is 5.32 Å². The minimum absolute atomic E-state index is 0.282. The molecule has 0 aromatic heterocycles. The van der Waals surface area contributed by atoms with Gasteiger partial charge in [-0.2, -0.15) is 0 Å². The van der Waals surface area contributed by atoms with E-state index in [9.17, 15) is 0 Å². The van der Waals surface area contributed by atoms with Gasteiger partial charge in [0.1, 0.15) is 0 Å². The van der Waals surface area contributed by atoms with Crippen molar-refractivity contribution in [2.45, 2.75) is 26.2 Å². The van der Waals surface area contributed by atoms with E-state index >= 15 is 0 Å². The number of hydrogen-bond donors (Lipinski definition) is 2. The number of anilines is 1. The van der Waals surface area contributed by atoms with Crippen LogP contribution in [0, 0.1) is 5.92 Å². The molecule has 2 heteroatoms. The Hall–Kier alpha value is -1.54. The zero-order valence-electron chi connectivity index (χ0n) is 11.6. The molecule has 0 saturated carbocycles. The summed E-state index contributed by atoms with van der Waals surface area (Å²) in [5.41, 5.74) is 1.16. The first-order valence-electron chi connectivity index (χ1n) is 7.17. The zero-order chi connectivity index (χ0) is 13.5. The monoisotopic (exact) mass is 257 g/mol. The topological polar surface area (TPSA) is 32.3 Å². The van der Waals surface area contributed by atoms with E-state index in [1.54, 1.807) is 0 Å². The van der Waals surface area contributed by atoms with Crippen molar-refractivity contribution < 1.29 is 5.11 Å². The molecule has 1 unspecified atom stereocenters. The SMILES string of the molecule is CCCC(CCO)CNc1ccc2ccccc2c1. The van der Waals surface area contributed by atoms with Crippen LogP contribution in [0.1, 0.15) is 26.2 Å². The smallest absolute Gasteiger partial charge is 0.0434 e. The van der Waals surface area contributed by atoms with E-state index in [-0.39, 0.29) is 6.61 Å². The first-order chi connectivity index (χ1) is 9.33. The van der Waals surface area contributed by atoms with Crippen LogP contribution in [0.4, 0.5) is 5.69 Å². The summed E-state index contributed by atoms with van der Waals surface area (Å²) in [5.74, 6) is 0.557. The lowest BCUT2D eigenvalue weighted by Gasteiger charge is -2.16. The minimum atomic E-state index is 0.282. The van der Waals surface area contributed by atoms with Crippen molar-refractivity contribution in [1.29, 1.82) is 0 Å². The number of hydrogen-bond acceptors (Lipinski definition) is 2. The second-order valence-electron chi connectivity index (χ2n) is 5.11. The summed E-state index contributed by atoms with van der Waals surface area (Å²) in [5, 5.41) is 15.1. The summed E-state index contributed by atoms with van der Waals surface area (Å²) in [6.07, 6.45) is 3.22. The van der Waals surface area contributed by atoms with Crippen molar-refractivity contribution in [3.05, 3.63) is 42.5 Å². The van der Waals surface area contributed by atoms with E-state index in [2.05, 4.69) is 54.7 Å². The van der Waals surface area contributed by atoms with Gasteiger partial charge in [-0.05, 0) is 41.7 Å². The predicted molar refractivity (Wildman–Crippen MR) is 82.5 cm³/mol. The molecule has 2 rings (SSSR count). The molecule has 19 heavy (non-hydrogen) atoms. The first kappa shape index (κ1) is 13.9. The Morgan fingerprint density at radius 3 is 2.58 bits per heavy atom. The fraction of sp³-hybridized carbons (Fsp3) is 0.412. The summed E-state index contributed by atoms with van der Waals surface area (Å²) >= 11 is 0. The molecule has 0 saturated heterocycles. The molecule has 2 N–H and O–H groups in total. The average molecular weight is 257 g/mol. The minimum Gasteiger partial charge on any atom is -0.396 e. The van der Waals surface area contributed by atoms with Gasteiger partial charge in [0, 0.05) is 18.8 Å². The van der Waals surface area contributed by atoms with Gasteiger partial charge in [0.15, 0.2) is 0 Å². The van der Waals surface area contributed by atoms with Crippen LogP contribution in [-0.4, -0.2) is 18.3 Å². The second kappa shape index (κ2) is 7.15. The van der Waals surface area contributed by atoms with Crippen molar-refractivity contribution in [2.24, 2.45) is 5.92 Å². The Morgan fingerprint density at radius 2 is 1.84 bits per heavy atom. The molecule has 102 valence electrons. The Labute approximate surface area is 115 Å². The molecular weight excluding hydrogens is 234 g/mol. The maximum absolute atomic E-state index is 9.07. The molecule has 0 radical (unpaired) electrons. The van der Waals surface area contributed by atoms with E-state index in [4.69, 9.17) is 5.11 Å². The Morgan fingerprint density at radius 1 is 1.05 bits per heavy atom. The normalized spacial score (nSPS) is 12.5. The first-order valence-corrected chi connectivity index (χ1v) is 7.17. The lowest BCUT2D eigenvalue weighted by atomic mass is 10.00. The van der Waals surface area contributed by atoms with Gasteiger partial charge in [-0.15, -0.1) is 0 Å². The Kier molecular flexibility index (Phi) is 5.22. The number of aliphatic hydroxyl groups is 1. The third kappa shape index (κ3) is 3.97. The maximum Gasteiger partial charge on any atom is 0.0434 e. The molecular formula is C17H23NO. The van der Waals surface area contributed by atoms with Crippen molar-refractivity contribution >= 4 is 16.5 Å². The van der Waals surface area contributed by atoms with E-state index in [0.29, 0.717) is 5.92 Å². The van der Waals surface area contributed by atoms with Gasteiger partial charge in [0.25, 0.3) is 0 Å². The van der Waals surface area contributed by atoms with Crippen molar-refractivity contribution in [3.63, 3.8) is 0 Å². The van der Waals surface area contributed by atoms with E-state index in [1.807, 2.05) is 0 Å². The third-order valence-electron chi connectivity index (χ3n) is 3.58. The fourth-order valence-corrected chi connectivity index (χ4v) is 2.50. The largest absolute Gasteiger partial charge is 0.396 e. The van der Waals surface area contributed by atoms with Crippen LogP contribution in [0.25, 0.3) is 10.8 Å². The van der Waals surface area contributed by atoms with Crippen molar-refractivity contribution in [2.75, 3.05) is 18.5 Å². The highest BCUT2D eigenvalue weighted by Gasteiger charge is 2.06. The van der Waals surface area contributed by atoms with Crippen LogP contribution in [0.5, 0.6) is 0 Å². The van der Waals surface area contributed by atoms with Crippen LogP contribution >= 0.6 is 0 Å². The zero-order valence-corrected chi connectivity index (χ0v) is 11.6. The molecule has 2 aromatic carbocycles. The molecule has 0 aliphatic rings. The summed E-state index contributed by atoms with van der Waals surface area (Å²) in [6, 6.07) is 14.9. The van der Waals surface area contributed by atoms with Gasteiger partial charge in [-0.1, -0.05) is 43.7 Å². The molecule has 2 aromatic rings. The molecule has 0 fully saturated rings. The molecule has 0 aliphatic carbocycles. The summed E-state index contributed by atoms with van der Waals surface area (Å²) in [4.78, 5) is 0. The van der Waals surface area contributed by atoms with E-state index < -0.39 is 0 Å². The molecule has 0 amide bonds. The van der Waals surface area contributed by atoms with Gasteiger partial charge >= 0.3 is 0 Å². The van der Waals surface area contributed by atoms with Crippen LogP contribution in [-0.2, 0) is 0 Å². The number of aliphatic hydroxyl groups excluding tert-OH is 1. The third-order valence-corrected chi connectivity index (χ3v) is 3.58. The van der Waals surface area contributed by atoms with Gasteiger partial charge in [-0.25, -0.2) is 0 Å². The molecule has 0 bridgehead atoms. The maximum atomic E-state index is 9.07. The lowest BCUT2D eigenvalue weighted by molar-refractivity contribution is 0.255. The van der Waals surface area contributed by atoms with Crippen molar-refractivity contribution in [1.82, 2.24) is 0 Å². The molecule has 0 aliphatic heterocycles. The van der Waals surface area contributed by atoms with Gasteiger partial charge in [-0.3, -0.25) is 0 Å². The Bertz CT molecular complexity index is 503. The van der Waals surface area contributed by atoms with Gasteiger partial charge in [0.05, 0.1) is 0 Å². The van der Waals surface area contributed by atoms with Crippen molar-refractivity contribution in [3.8, 4) is 0 Å². The van der Waals surface area contributed by atoms with E-state index in [0.717, 1.165) is 18.7 Å². The number of benzene rings is 2. The second-order valence-corrected chi connectivity index (χ2v) is 5.11. The Balaban J connectivity index is 2.00. The lowest BCUT2D eigenvalue weighted by Crippen LogP contribution is -2.15. The quantitative estimate of drug-likeness (QED) is 0.784. The summed E-state index contributed by atoms with van der Waals surface area (Å²) in [7, 11) is 0. The van der Waals surface area contributed by atoms with E-state index in [1.165, 1.54) is 23.6 Å². The summed E-state index contributed by atoms with van der Waals surface area (Å²) < 4.78 is 0. The van der Waals surface area contributed by atoms with Gasteiger partial charge < -0.3 is 10.4 Å². The van der Waals surface area contributed by atoms with Crippen LogP contribution in [0.15, 0.2) is 42.5 Å². The number of rotatable bonds is 7. The standard InChI is InChI=1S/C17H23NO/c1-2-5-14(10-11-19)13-18-17-9-8-15-6-3-4-7-16(15)12-17/h3-4,6-9,12,14,18-19H,2,5,10-11,13H2,1H3. The molecule has 2 nitrogen and oxygen atoms in total. The van der Waals surface area contributed by atoms with Gasteiger partial charge in [0.2, 0.25) is 0 Å². The molecule has 1 atom stereocenters. The highest BCUT2D eigenvalue weighted by Crippen LogP contribution is 2.20. The highest BCUT2D eigenvalue weighted by molar-refractivity contribution is 5.85. The molecule has 0 spiro atoms. The highest BCUT2D eigenvalue weighted by atomic mass is 16.3. The summed E-state index contributed by atoms with van der Waals surface area (Å²) in [6.45, 7) is 3.41. The predicted octanol–water partition coefficient (Wildman–Crippen LogP) is 4.05. The van der Waals surface area contributed by atoms with Crippen LogP contribution in [0.3, 0.4) is 0 Å². The van der Waals surface area contributed by atoms with Crippen LogP contribution in [0.2, 0.25) is 0 Å². The number of nitrogens with one attached hydrogen (secondary N) is 1. The number of fused-ring (bicyclic) bond motifs is 1. The fourth-order valence-electron chi connectivity index (χ4n) is 2.50. The average Bonchev–Trinajstić information content (AvgIpc) is 2.45.